The summed E-state index contributed by atoms with van der Waals surface area (Å²) >= 11 is 0. The topological polar surface area (TPSA) is 38.3 Å². The Bertz CT molecular complexity index is 555. The molecule has 0 unspecified atom stereocenters. The molecule has 2 aromatic carbocycles. The highest BCUT2D eigenvalue weighted by atomic mass is 19.1. The molecule has 0 aromatic heterocycles. The van der Waals surface area contributed by atoms with Crippen LogP contribution in [0, 0.1) is 5.82 Å². The van der Waals surface area contributed by atoms with Crippen LogP contribution in [-0.4, -0.2) is 13.0 Å². The number of hydrogen-bond donors (Lipinski definition) is 1. The summed E-state index contributed by atoms with van der Waals surface area (Å²) in [5.41, 5.74) is 0.913. The van der Waals surface area contributed by atoms with Crippen molar-refractivity contribution in [2.45, 2.75) is 0 Å². The first-order valence-corrected chi connectivity index (χ1v) is 5.40. The van der Waals surface area contributed by atoms with Gasteiger partial charge in [-0.2, -0.15) is 0 Å². The number of carbonyl (C=O) groups is 1. The Labute approximate surface area is 104 Å². The van der Waals surface area contributed by atoms with Crippen molar-refractivity contribution in [2.24, 2.45) is 0 Å². The van der Waals surface area contributed by atoms with E-state index in [-0.39, 0.29) is 17.2 Å². The van der Waals surface area contributed by atoms with Crippen LogP contribution in [0.2, 0.25) is 0 Å². The fraction of sp³-hybridized carbons (Fsp3) is 0.0714. The van der Waals surface area contributed by atoms with E-state index in [0.717, 1.165) is 6.07 Å². The minimum Gasteiger partial charge on any atom is -0.494 e. The smallest absolute Gasteiger partial charge is 0.255 e. The highest BCUT2D eigenvalue weighted by molar-refractivity contribution is 6.04. The number of halogens is 1. The summed E-state index contributed by atoms with van der Waals surface area (Å²) in [5, 5.41) is 2.68. The molecule has 0 atom stereocenters. The van der Waals surface area contributed by atoms with Crippen LogP contribution in [0.5, 0.6) is 5.75 Å². The number of carbonyl (C=O) groups excluding carboxylic acids is 1. The number of rotatable bonds is 3. The van der Waals surface area contributed by atoms with Gasteiger partial charge < -0.3 is 10.1 Å². The van der Waals surface area contributed by atoms with Crippen LogP contribution in [0.4, 0.5) is 10.1 Å². The first-order chi connectivity index (χ1) is 8.70. The van der Waals surface area contributed by atoms with Gasteiger partial charge in [-0.15, -0.1) is 0 Å². The van der Waals surface area contributed by atoms with Gasteiger partial charge in [0.1, 0.15) is 0 Å². The van der Waals surface area contributed by atoms with Crippen LogP contribution in [0.25, 0.3) is 0 Å². The zero-order chi connectivity index (χ0) is 13.0. The number of hydrogen-bond acceptors (Lipinski definition) is 2. The van der Waals surface area contributed by atoms with E-state index in [9.17, 15) is 9.18 Å². The highest BCUT2D eigenvalue weighted by Crippen LogP contribution is 2.18. The van der Waals surface area contributed by atoms with Crippen molar-refractivity contribution in [1.29, 1.82) is 0 Å². The van der Waals surface area contributed by atoms with Crippen LogP contribution < -0.4 is 10.1 Å². The normalized spacial score (nSPS) is 9.89. The molecular formula is C14H12FNO2. The average Bonchev–Trinajstić information content (AvgIpc) is 2.39. The van der Waals surface area contributed by atoms with Gasteiger partial charge in [-0.05, 0) is 30.3 Å². The first-order valence-electron chi connectivity index (χ1n) is 5.40. The predicted octanol–water partition coefficient (Wildman–Crippen LogP) is 3.09. The summed E-state index contributed by atoms with van der Waals surface area (Å²) < 4.78 is 18.2. The third-order valence-corrected chi connectivity index (χ3v) is 2.45. The Hall–Kier alpha value is -2.36. The van der Waals surface area contributed by atoms with Crippen molar-refractivity contribution in [3.8, 4) is 5.75 Å². The van der Waals surface area contributed by atoms with E-state index < -0.39 is 5.82 Å². The quantitative estimate of drug-likeness (QED) is 0.902. The average molecular weight is 245 g/mol. The Morgan fingerprint density at radius 1 is 1.17 bits per heavy atom. The molecule has 2 aromatic rings. The van der Waals surface area contributed by atoms with E-state index in [1.807, 2.05) is 18.2 Å². The number of para-hydroxylation sites is 1. The van der Waals surface area contributed by atoms with Gasteiger partial charge in [0.15, 0.2) is 11.6 Å². The second kappa shape index (κ2) is 5.31. The maximum atomic E-state index is 13.4. The van der Waals surface area contributed by atoms with Gasteiger partial charge in [0.2, 0.25) is 0 Å². The summed E-state index contributed by atoms with van der Waals surface area (Å²) in [5.74, 6) is -0.799. The van der Waals surface area contributed by atoms with Gasteiger partial charge in [-0.25, -0.2) is 4.39 Å². The van der Waals surface area contributed by atoms with Crippen molar-refractivity contribution in [2.75, 3.05) is 12.4 Å². The summed E-state index contributed by atoms with van der Waals surface area (Å²) in [7, 11) is 1.38. The molecule has 0 saturated heterocycles. The molecule has 1 amide bonds. The Morgan fingerprint density at radius 3 is 2.50 bits per heavy atom. The molecule has 92 valence electrons. The van der Waals surface area contributed by atoms with E-state index in [1.165, 1.54) is 19.2 Å². The van der Waals surface area contributed by atoms with Gasteiger partial charge in [0.25, 0.3) is 5.91 Å². The van der Waals surface area contributed by atoms with Crippen LogP contribution in [0.3, 0.4) is 0 Å². The van der Waals surface area contributed by atoms with E-state index in [1.54, 1.807) is 12.1 Å². The molecule has 0 radical (unpaired) electrons. The third kappa shape index (κ3) is 2.66. The zero-order valence-corrected chi connectivity index (χ0v) is 9.81. The van der Waals surface area contributed by atoms with Crippen molar-refractivity contribution in [1.82, 2.24) is 0 Å². The summed E-state index contributed by atoms with van der Waals surface area (Å²) in [6.45, 7) is 0. The summed E-state index contributed by atoms with van der Waals surface area (Å²) in [6.07, 6.45) is 0. The molecule has 0 aliphatic rings. The highest BCUT2D eigenvalue weighted by Gasteiger charge is 2.10. The van der Waals surface area contributed by atoms with Crippen LogP contribution in [-0.2, 0) is 0 Å². The second-order valence-electron chi connectivity index (χ2n) is 3.67. The van der Waals surface area contributed by atoms with E-state index in [4.69, 9.17) is 4.74 Å². The minimum atomic E-state index is -0.557. The lowest BCUT2D eigenvalue weighted by Crippen LogP contribution is -2.12. The lowest BCUT2D eigenvalue weighted by molar-refractivity contribution is 0.102. The predicted molar refractivity (Wildman–Crippen MR) is 67.3 cm³/mol. The number of anilines is 1. The molecule has 0 spiro atoms. The molecule has 0 saturated carbocycles. The van der Waals surface area contributed by atoms with Gasteiger partial charge in [-0.3, -0.25) is 4.79 Å². The van der Waals surface area contributed by atoms with Gasteiger partial charge in [0, 0.05) is 11.3 Å². The Kier molecular flexibility index (Phi) is 3.57. The number of nitrogens with one attached hydrogen (secondary N) is 1. The van der Waals surface area contributed by atoms with Crippen LogP contribution in [0.1, 0.15) is 10.4 Å². The maximum Gasteiger partial charge on any atom is 0.255 e. The SMILES string of the molecule is COc1ccc(C(=O)Nc2ccccc2)cc1F. The van der Waals surface area contributed by atoms with Crippen molar-refractivity contribution in [3.05, 3.63) is 59.9 Å². The fourth-order valence-corrected chi connectivity index (χ4v) is 1.53. The Balaban J connectivity index is 2.17. The molecule has 2 rings (SSSR count). The third-order valence-electron chi connectivity index (χ3n) is 2.45. The van der Waals surface area contributed by atoms with Crippen molar-refractivity contribution < 1.29 is 13.9 Å². The van der Waals surface area contributed by atoms with Gasteiger partial charge in [-0.1, -0.05) is 18.2 Å². The molecule has 0 bridgehead atoms. The standard InChI is InChI=1S/C14H12FNO2/c1-18-13-8-7-10(9-12(13)15)14(17)16-11-5-3-2-4-6-11/h2-9H,1H3,(H,16,17). The molecule has 18 heavy (non-hydrogen) atoms. The number of benzene rings is 2. The number of ether oxygens (including phenoxy) is 1. The monoisotopic (exact) mass is 245 g/mol. The molecule has 0 fully saturated rings. The van der Waals surface area contributed by atoms with Crippen LogP contribution in [0.15, 0.2) is 48.5 Å². The van der Waals surface area contributed by atoms with E-state index in [2.05, 4.69) is 5.32 Å². The number of amides is 1. The summed E-state index contributed by atoms with van der Waals surface area (Å²) in [4.78, 5) is 11.8. The van der Waals surface area contributed by atoms with E-state index in [0.29, 0.717) is 5.69 Å². The first kappa shape index (κ1) is 12.1. The van der Waals surface area contributed by atoms with Crippen LogP contribution >= 0.6 is 0 Å². The maximum absolute atomic E-state index is 13.4. The molecule has 1 N–H and O–H groups in total. The minimum absolute atomic E-state index is 0.117. The molecular weight excluding hydrogens is 233 g/mol. The molecule has 3 nitrogen and oxygen atoms in total. The van der Waals surface area contributed by atoms with Gasteiger partial charge in [0.05, 0.1) is 7.11 Å². The zero-order valence-electron chi connectivity index (χ0n) is 9.81. The second-order valence-corrected chi connectivity index (χ2v) is 3.67. The van der Waals surface area contributed by atoms with Crippen molar-refractivity contribution in [3.63, 3.8) is 0 Å². The van der Waals surface area contributed by atoms with Crippen molar-refractivity contribution >= 4 is 11.6 Å². The number of methoxy groups -OCH3 is 1. The Morgan fingerprint density at radius 2 is 1.89 bits per heavy atom. The lowest BCUT2D eigenvalue weighted by Gasteiger charge is -2.06. The van der Waals surface area contributed by atoms with Gasteiger partial charge >= 0.3 is 0 Å². The lowest BCUT2D eigenvalue weighted by atomic mass is 10.2. The fourth-order valence-electron chi connectivity index (χ4n) is 1.53. The molecule has 0 aliphatic heterocycles. The molecule has 0 aliphatic carbocycles. The summed E-state index contributed by atoms with van der Waals surface area (Å²) in [6, 6.07) is 13.1. The molecule has 0 heterocycles. The largest absolute Gasteiger partial charge is 0.494 e. The van der Waals surface area contributed by atoms with E-state index >= 15 is 0 Å². The molecule has 4 heteroatoms.